The van der Waals surface area contributed by atoms with E-state index in [-0.39, 0.29) is 32.8 Å². The third kappa shape index (κ3) is 7.94. The maximum Gasteiger partial charge on any atom is 0.346 e. The Morgan fingerprint density at radius 2 is 1.25 bits per heavy atom. The molecular formula is C20H34O6P2. The van der Waals surface area contributed by atoms with Gasteiger partial charge < -0.3 is 18.1 Å². The average molecular weight is 432 g/mol. The van der Waals surface area contributed by atoms with Gasteiger partial charge in [0.2, 0.25) is 0 Å². The second-order valence-electron chi connectivity index (χ2n) is 5.96. The van der Waals surface area contributed by atoms with Gasteiger partial charge in [0.25, 0.3) is 0 Å². The van der Waals surface area contributed by atoms with Crippen molar-refractivity contribution in [2.45, 2.75) is 52.4 Å². The maximum atomic E-state index is 13.4. The van der Waals surface area contributed by atoms with Gasteiger partial charge in [0.1, 0.15) is 0 Å². The Hall–Kier alpha value is -0.740. The number of benzene rings is 1. The van der Waals surface area contributed by atoms with Gasteiger partial charge in [-0.05, 0) is 52.5 Å². The molecular weight excluding hydrogens is 398 g/mol. The van der Waals surface area contributed by atoms with Crippen LogP contribution in [0.5, 0.6) is 0 Å². The lowest BCUT2D eigenvalue weighted by Crippen LogP contribution is -2.17. The first-order chi connectivity index (χ1) is 13.5. The zero-order valence-electron chi connectivity index (χ0n) is 17.4. The van der Waals surface area contributed by atoms with Crippen molar-refractivity contribution in [3.05, 3.63) is 48.0 Å². The highest BCUT2D eigenvalue weighted by molar-refractivity contribution is 7.72. The number of hydrogen-bond donors (Lipinski definition) is 0. The van der Waals surface area contributed by atoms with E-state index >= 15 is 0 Å². The molecule has 6 nitrogen and oxygen atoms in total. The van der Waals surface area contributed by atoms with Gasteiger partial charge in [-0.2, -0.15) is 0 Å². The zero-order chi connectivity index (χ0) is 20.9. The van der Waals surface area contributed by atoms with E-state index in [4.69, 9.17) is 18.1 Å². The smallest absolute Gasteiger partial charge is 0.308 e. The second-order valence-corrected chi connectivity index (χ2v) is 10.8. The molecule has 1 rings (SSSR count). The molecule has 1 aromatic carbocycles. The molecule has 8 heteroatoms. The third-order valence-corrected chi connectivity index (χ3v) is 9.97. The molecule has 0 aromatic heterocycles. The predicted molar refractivity (Wildman–Crippen MR) is 114 cm³/mol. The van der Waals surface area contributed by atoms with Crippen molar-refractivity contribution < 1.29 is 27.2 Å². The maximum absolute atomic E-state index is 13.4. The number of hydrogen-bond acceptors (Lipinski definition) is 6. The van der Waals surface area contributed by atoms with Gasteiger partial charge in [0, 0.05) is 0 Å². The van der Waals surface area contributed by atoms with Crippen LogP contribution in [0, 0.1) is 0 Å². The Kier molecular flexibility index (Phi) is 12.2. The average Bonchev–Trinajstić information content (AvgIpc) is 2.66. The molecule has 0 N–H and O–H groups in total. The lowest BCUT2D eigenvalue weighted by atomic mass is 10.1. The molecule has 0 unspecified atom stereocenters. The highest BCUT2D eigenvalue weighted by atomic mass is 31.2. The van der Waals surface area contributed by atoms with Crippen LogP contribution in [0.15, 0.2) is 42.5 Å². The summed E-state index contributed by atoms with van der Waals surface area (Å²) < 4.78 is 48.6. The predicted octanol–water partition coefficient (Wildman–Crippen LogP) is 6.42. The summed E-state index contributed by atoms with van der Waals surface area (Å²) in [7, 11) is -7.36. The summed E-state index contributed by atoms with van der Waals surface area (Å²) in [5.41, 5.74) is 1.24. The highest BCUT2D eigenvalue weighted by Crippen LogP contribution is 2.71. The topological polar surface area (TPSA) is 71.1 Å². The number of aryl methyl sites for hydroxylation is 1. The number of allylic oxidation sites excluding steroid dienone is 2. The van der Waals surface area contributed by atoms with Crippen LogP contribution in [-0.2, 0) is 33.6 Å². The van der Waals surface area contributed by atoms with E-state index in [1.807, 2.05) is 30.4 Å². The molecule has 0 heterocycles. The van der Waals surface area contributed by atoms with Gasteiger partial charge in [0.05, 0.1) is 26.4 Å². The van der Waals surface area contributed by atoms with Crippen molar-refractivity contribution in [1.29, 1.82) is 0 Å². The molecule has 0 radical (unpaired) electrons. The van der Waals surface area contributed by atoms with E-state index in [2.05, 4.69) is 12.1 Å². The van der Waals surface area contributed by atoms with Crippen LogP contribution in [-0.4, -0.2) is 31.8 Å². The van der Waals surface area contributed by atoms with E-state index in [0.717, 1.165) is 12.8 Å². The van der Waals surface area contributed by atoms with Gasteiger partial charge in [-0.25, -0.2) is 0 Å². The van der Waals surface area contributed by atoms with Gasteiger partial charge in [-0.15, -0.1) is 0 Å². The Morgan fingerprint density at radius 1 is 0.786 bits per heavy atom. The summed E-state index contributed by atoms with van der Waals surface area (Å²) >= 11 is 0. The van der Waals surface area contributed by atoms with Gasteiger partial charge in [0.15, 0.2) is 5.40 Å². The number of rotatable bonds is 15. The van der Waals surface area contributed by atoms with Gasteiger partial charge >= 0.3 is 15.2 Å². The molecule has 0 fully saturated rings. The summed E-state index contributed by atoms with van der Waals surface area (Å²) in [4.78, 5) is 0. The molecule has 0 saturated heterocycles. The molecule has 0 aliphatic rings. The summed E-state index contributed by atoms with van der Waals surface area (Å²) in [6.07, 6.45) is 5.79. The highest BCUT2D eigenvalue weighted by Gasteiger charge is 2.49. The lowest BCUT2D eigenvalue weighted by Gasteiger charge is -2.30. The zero-order valence-corrected chi connectivity index (χ0v) is 19.2. The Labute approximate surface area is 169 Å². The summed E-state index contributed by atoms with van der Waals surface area (Å²) in [5, 5.41) is -0.993. The fourth-order valence-electron chi connectivity index (χ4n) is 2.80. The minimum absolute atomic E-state index is 0.184. The van der Waals surface area contributed by atoms with Crippen molar-refractivity contribution in [3.8, 4) is 0 Å². The molecule has 1 aromatic rings. The van der Waals surface area contributed by atoms with Crippen LogP contribution in [0.3, 0.4) is 0 Å². The van der Waals surface area contributed by atoms with Crippen molar-refractivity contribution >= 4 is 15.2 Å². The molecule has 0 atom stereocenters. The Balaban J connectivity index is 2.97. The summed E-state index contributed by atoms with van der Waals surface area (Å²) in [5.74, 6) is 0. The minimum Gasteiger partial charge on any atom is -0.308 e. The van der Waals surface area contributed by atoms with Crippen LogP contribution in [0.25, 0.3) is 0 Å². The standard InChI is InChI=1S/C20H34O6P2/c1-5-23-27(21,24-6-2)20(28(22,25-7-3)26-8-4)18-14-10-13-17-19-15-11-9-12-16-19/h9-12,14-16,20H,5-8,13,17-18H2,1-4H3/b14-10+. The van der Waals surface area contributed by atoms with Crippen molar-refractivity contribution in [2.75, 3.05) is 26.4 Å². The largest absolute Gasteiger partial charge is 0.346 e. The first-order valence-corrected chi connectivity index (χ1v) is 13.1. The molecule has 0 spiro atoms. The van der Waals surface area contributed by atoms with E-state index in [1.165, 1.54) is 5.56 Å². The Bertz CT molecular complexity index is 612. The summed E-state index contributed by atoms with van der Waals surface area (Å²) in [6.45, 7) is 7.64. The molecule has 0 aliphatic carbocycles. The lowest BCUT2D eigenvalue weighted by molar-refractivity contribution is 0.195. The van der Waals surface area contributed by atoms with E-state index < -0.39 is 20.6 Å². The van der Waals surface area contributed by atoms with Crippen LogP contribution in [0.1, 0.15) is 46.1 Å². The monoisotopic (exact) mass is 432 g/mol. The van der Waals surface area contributed by atoms with Crippen LogP contribution < -0.4 is 0 Å². The van der Waals surface area contributed by atoms with Crippen LogP contribution in [0.2, 0.25) is 0 Å². The quantitative estimate of drug-likeness (QED) is 0.235. The van der Waals surface area contributed by atoms with Gasteiger partial charge in [-0.3, -0.25) is 9.13 Å². The van der Waals surface area contributed by atoms with Crippen LogP contribution in [0.4, 0.5) is 0 Å². The second kappa shape index (κ2) is 13.5. The fraction of sp³-hybridized carbons (Fsp3) is 0.600. The summed E-state index contributed by atoms with van der Waals surface area (Å²) in [6, 6.07) is 10.2. The fourth-order valence-corrected chi connectivity index (χ4v) is 8.02. The van der Waals surface area contributed by atoms with E-state index in [1.54, 1.807) is 27.7 Å². The van der Waals surface area contributed by atoms with Crippen molar-refractivity contribution in [1.82, 2.24) is 0 Å². The first kappa shape index (κ1) is 25.3. The normalized spacial score (nSPS) is 12.9. The van der Waals surface area contributed by atoms with E-state index in [9.17, 15) is 9.13 Å². The molecule has 28 heavy (non-hydrogen) atoms. The van der Waals surface area contributed by atoms with Crippen molar-refractivity contribution in [2.24, 2.45) is 0 Å². The SMILES string of the molecule is CCOP(=O)(OCC)C(C/C=C/CCc1ccccc1)P(=O)(OCC)OCC. The Morgan fingerprint density at radius 3 is 1.68 bits per heavy atom. The third-order valence-electron chi connectivity index (χ3n) is 3.92. The first-order valence-electron chi connectivity index (χ1n) is 9.92. The minimum atomic E-state index is -3.68. The molecule has 0 amide bonds. The molecule has 160 valence electrons. The van der Waals surface area contributed by atoms with Gasteiger partial charge in [-0.1, -0.05) is 42.5 Å². The van der Waals surface area contributed by atoms with Crippen molar-refractivity contribution in [3.63, 3.8) is 0 Å². The molecule has 0 saturated carbocycles. The molecule has 0 aliphatic heterocycles. The molecule has 0 bridgehead atoms. The van der Waals surface area contributed by atoms with Crippen LogP contribution >= 0.6 is 15.2 Å². The van der Waals surface area contributed by atoms with E-state index in [0.29, 0.717) is 0 Å².